The van der Waals surface area contributed by atoms with E-state index in [0.29, 0.717) is 5.92 Å². The second-order valence-electron chi connectivity index (χ2n) is 11.3. The Morgan fingerprint density at radius 3 is 2.33 bits per heavy atom. The predicted molar refractivity (Wildman–Crippen MR) is 151 cm³/mol. The van der Waals surface area contributed by atoms with Gasteiger partial charge in [-0.15, -0.1) is 0 Å². The number of carbonyl (C=O) groups is 2. The lowest BCUT2D eigenvalue weighted by Crippen LogP contribution is -2.53. The Labute approximate surface area is 231 Å². The summed E-state index contributed by atoms with van der Waals surface area (Å²) in [5.41, 5.74) is 2.94. The number of benzene rings is 2. The zero-order valence-electron chi connectivity index (χ0n) is 23.8. The van der Waals surface area contributed by atoms with Crippen molar-refractivity contribution in [2.45, 2.75) is 78.6 Å². The summed E-state index contributed by atoms with van der Waals surface area (Å²) in [5.74, 6) is -1.41. The number of nitrogens with zero attached hydrogens (tertiary/aromatic N) is 1. The number of hydrogen-bond acceptors (Lipinski definition) is 6. The number of aromatic carboxylic acids is 1. The van der Waals surface area contributed by atoms with Crippen molar-refractivity contribution in [2.24, 2.45) is 17.3 Å². The molecule has 4 rings (SSSR count). The molecule has 0 spiro atoms. The quantitative estimate of drug-likeness (QED) is 0.389. The molecule has 8 heteroatoms. The van der Waals surface area contributed by atoms with Crippen molar-refractivity contribution in [1.29, 1.82) is 0 Å². The Morgan fingerprint density at radius 1 is 1.05 bits per heavy atom. The van der Waals surface area contributed by atoms with Gasteiger partial charge in [-0.3, -0.25) is 9.63 Å². The lowest BCUT2D eigenvalue weighted by atomic mass is 9.70. The molecule has 1 heterocycles. The summed E-state index contributed by atoms with van der Waals surface area (Å²) >= 11 is 0. The van der Waals surface area contributed by atoms with Gasteiger partial charge in [0, 0.05) is 12.0 Å². The molecule has 214 valence electrons. The van der Waals surface area contributed by atoms with Gasteiger partial charge in [0.25, 0.3) is 0 Å². The third kappa shape index (κ3) is 7.45. The molecule has 0 radical (unpaired) electrons. The number of aliphatic hydroxyl groups excluding tert-OH is 2. The first-order chi connectivity index (χ1) is 18.6. The van der Waals surface area contributed by atoms with E-state index in [0.717, 1.165) is 36.0 Å². The SMILES string of the molecule is CC.CC1CC(C)(C)CC[C@@H]1NC(=O)C1C(CO)C(CO)ON1Cc1cccc(-c2cccc(C(=O)O)c2)c1. The van der Waals surface area contributed by atoms with E-state index >= 15 is 0 Å². The zero-order chi connectivity index (χ0) is 28.7. The summed E-state index contributed by atoms with van der Waals surface area (Å²) in [6.07, 6.45) is 2.28. The summed E-state index contributed by atoms with van der Waals surface area (Å²) in [6.45, 7) is 10.4. The first kappa shape index (κ1) is 30.8. The fraction of sp³-hybridized carbons (Fsp3) is 0.548. The first-order valence-electron chi connectivity index (χ1n) is 14.0. The molecule has 1 saturated heterocycles. The maximum Gasteiger partial charge on any atom is 0.335 e. The van der Waals surface area contributed by atoms with Crippen LogP contribution in [0, 0.1) is 17.3 Å². The number of carbonyl (C=O) groups excluding carboxylic acids is 1. The lowest BCUT2D eigenvalue weighted by molar-refractivity contribution is -0.182. The third-order valence-corrected chi connectivity index (χ3v) is 7.85. The molecule has 5 atom stereocenters. The van der Waals surface area contributed by atoms with E-state index in [2.05, 4.69) is 26.1 Å². The van der Waals surface area contributed by atoms with Crippen LogP contribution in [0.2, 0.25) is 0 Å². The summed E-state index contributed by atoms with van der Waals surface area (Å²) < 4.78 is 0. The zero-order valence-corrected chi connectivity index (χ0v) is 23.8. The number of hydrogen-bond donors (Lipinski definition) is 4. The number of aliphatic hydroxyl groups is 2. The molecule has 4 unspecified atom stereocenters. The van der Waals surface area contributed by atoms with Crippen LogP contribution in [-0.4, -0.2) is 63.7 Å². The number of hydroxylamine groups is 2. The molecule has 1 aliphatic heterocycles. The Kier molecular flexibility index (Phi) is 10.7. The Bertz CT molecular complexity index is 1120. The molecule has 8 nitrogen and oxygen atoms in total. The maximum atomic E-state index is 13.6. The van der Waals surface area contributed by atoms with Crippen LogP contribution in [0.3, 0.4) is 0 Å². The number of amides is 1. The van der Waals surface area contributed by atoms with Crippen molar-refractivity contribution in [3.05, 3.63) is 59.7 Å². The highest BCUT2D eigenvalue weighted by atomic mass is 16.7. The van der Waals surface area contributed by atoms with Crippen molar-refractivity contribution in [3.63, 3.8) is 0 Å². The van der Waals surface area contributed by atoms with Gasteiger partial charge < -0.3 is 20.6 Å². The molecular weight excluding hydrogens is 496 g/mol. The minimum atomic E-state index is -0.988. The van der Waals surface area contributed by atoms with Crippen LogP contribution < -0.4 is 5.32 Å². The van der Waals surface area contributed by atoms with Crippen molar-refractivity contribution < 1.29 is 29.7 Å². The molecule has 2 fully saturated rings. The molecular formula is C31H44N2O6. The van der Waals surface area contributed by atoms with Gasteiger partial charge in [0.2, 0.25) is 5.91 Å². The smallest absolute Gasteiger partial charge is 0.335 e. The maximum absolute atomic E-state index is 13.6. The van der Waals surface area contributed by atoms with Gasteiger partial charge in [0.1, 0.15) is 12.1 Å². The lowest BCUT2D eigenvalue weighted by Gasteiger charge is -2.40. The summed E-state index contributed by atoms with van der Waals surface area (Å²) in [6, 6.07) is 13.7. The van der Waals surface area contributed by atoms with Gasteiger partial charge in [-0.25, -0.2) is 4.79 Å². The van der Waals surface area contributed by atoms with E-state index < -0.39 is 24.0 Å². The van der Waals surface area contributed by atoms with Crippen molar-refractivity contribution in [1.82, 2.24) is 10.4 Å². The molecule has 2 aliphatic rings. The predicted octanol–water partition coefficient (Wildman–Crippen LogP) is 4.49. The van der Waals surface area contributed by atoms with Crippen LogP contribution in [-0.2, 0) is 16.2 Å². The second kappa shape index (κ2) is 13.5. The summed E-state index contributed by atoms with van der Waals surface area (Å²) in [5, 5.41) is 34.1. The average molecular weight is 541 g/mol. The molecule has 39 heavy (non-hydrogen) atoms. The Balaban J connectivity index is 0.00000205. The van der Waals surface area contributed by atoms with Crippen LogP contribution in [0.15, 0.2) is 48.5 Å². The molecule has 0 bridgehead atoms. The monoisotopic (exact) mass is 540 g/mol. The molecule has 4 N–H and O–H groups in total. The first-order valence-corrected chi connectivity index (χ1v) is 14.0. The third-order valence-electron chi connectivity index (χ3n) is 7.85. The highest BCUT2D eigenvalue weighted by molar-refractivity contribution is 5.89. The molecule has 1 aliphatic carbocycles. The van der Waals surface area contributed by atoms with Crippen LogP contribution in [0.25, 0.3) is 11.1 Å². The Hall–Kier alpha value is -2.78. The molecule has 0 aromatic heterocycles. The van der Waals surface area contributed by atoms with Gasteiger partial charge in [0.15, 0.2) is 0 Å². The number of rotatable bonds is 8. The van der Waals surface area contributed by atoms with Crippen LogP contribution in [0.4, 0.5) is 0 Å². The van der Waals surface area contributed by atoms with Gasteiger partial charge in [-0.05, 0) is 65.5 Å². The van der Waals surface area contributed by atoms with E-state index in [1.165, 1.54) is 0 Å². The highest BCUT2D eigenvalue weighted by Gasteiger charge is 2.47. The standard InChI is InChI=1S/C29H38N2O6.C2H6/c1-18-14-29(2,3)11-10-24(18)30-27(34)26-23(16-32)25(17-33)37-31(26)15-19-6-4-7-20(12-19)21-8-5-9-22(13-21)28(35)36;1-2/h4-9,12-13,18,23-26,32-33H,10-11,14-17H2,1-3H3,(H,30,34)(H,35,36);1-2H3/t18?,23?,24-,25?,26?;/m0./s1. The second-order valence-corrected chi connectivity index (χ2v) is 11.3. The number of carboxylic acid groups (broad SMARTS) is 1. The fourth-order valence-corrected chi connectivity index (χ4v) is 5.87. The minimum Gasteiger partial charge on any atom is -0.478 e. The summed E-state index contributed by atoms with van der Waals surface area (Å²) in [7, 11) is 0. The molecule has 2 aromatic carbocycles. The molecule has 1 amide bonds. The van der Waals surface area contributed by atoms with Gasteiger partial charge in [-0.2, -0.15) is 5.06 Å². The minimum absolute atomic E-state index is 0.0553. The van der Waals surface area contributed by atoms with Crippen molar-refractivity contribution >= 4 is 11.9 Å². The van der Waals surface area contributed by atoms with Crippen molar-refractivity contribution in [2.75, 3.05) is 13.2 Å². The summed E-state index contributed by atoms with van der Waals surface area (Å²) in [4.78, 5) is 30.9. The molecule has 2 aromatic rings. The number of nitrogens with one attached hydrogen (secondary N) is 1. The van der Waals surface area contributed by atoms with Crippen LogP contribution in [0.1, 0.15) is 69.8 Å². The van der Waals surface area contributed by atoms with E-state index in [-0.39, 0.29) is 42.7 Å². The number of carboxylic acids is 1. The van der Waals surface area contributed by atoms with Crippen molar-refractivity contribution in [3.8, 4) is 11.1 Å². The largest absolute Gasteiger partial charge is 0.478 e. The van der Waals surface area contributed by atoms with Gasteiger partial charge in [-0.1, -0.05) is 65.0 Å². The van der Waals surface area contributed by atoms with Gasteiger partial charge >= 0.3 is 5.97 Å². The normalized spacial score (nSPS) is 26.4. The van der Waals surface area contributed by atoms with E-state index in [1.54, 1.807) is 23.3 Å². The van der Waals surface area contributed by atoms with E-state index in [4.69, 9.17) is 4.84 Å². The fourth-order valence-electron chi connectivity index (χ4n) is 5.87. The Morgan fingerprint density at radius 2 is 1.72 bits per heavy atom. The van der Waals surface area contributed by atoms with Crippen LogP contribution >= 0.6 is 0 Å². The molecule has 1 saturated carbocycles. The van der Waals surface area contributed by atoms with E-state index in [1.807, 2.05) is 44.2 Å². The van der Waals surface area contributed by atoms with E-state index in [9.17, 15) is 24.9 Å². The highest BCUT2D eigenvalue weighted by Crippen LogP contribution is 2.39. The average Bonchev–Trinajstić information content (AvgIpc) is 3.28. The van der Waals surface area contributed by atoms with Gasteiger partial charge in [0.05, 0.1) is 25.3 Å². The topological polar surface area (TPSA) is 119 Å². The van der Waals surface area contributed by atoms with Crippen LogP contribution in [0.5, 0.6) is 0 Å².